The molecule has 0 bridgehead atoms. The number of nitrogens with zero attached hydrogens (tertiary/aromatic N) is 2. The van der Waals surface area contributed by atoms with E-state index in [1.807, 2.05) is 17.7 Å². The third kappa shape index (κ3) is 3.58. The summed E-state index contributed by atoms with van der Waals surface area (Å²) in [7, 11) is 0. The zero-order chi connectivity index (χ0) is 11.3. The molecular weight excluding hydrogens is 190 g/mol. The first kappa shape index (κ1) is 11.5. The van der Waals surface area contributed by atoms with Crippen molar-refractivity contribution in [2.45, 2.75) is 20.4 Å². The van der Waals surface area contributed by atoms with Crippen LogP contribution in [0, 0.1) is 12.8 Å². The molecule has 15 heavy (non-hydrogen) atoms. The lowest BCUT2D eigenvalue weighted by Gasteiger charge is -2.12. The first-order chi connectivity index (χ1) is 7.13. The van der Waals surface area contributed by atoms with Crippen LogP contribution in [0.25, 0.3) is 0 Å². The second-order valence-corrected chi connectivity index (χ2v) is 3.71. The van der Waals surface area contributed by atoms with Gasteiger partial charge in [-0.25, -0.2) is 0 Å². The van der Waals surface area contributed by atoms with E-state index in [1.54, 1.807) is 6.20 Å². The Kier molecular flexibility index (Phi) is 4.09. The van der Waals surface area contributed by atoms with Crippen LogP contribution in [0.4, 0.5) is 0 Å². The maximum absolute atomic E-state index is 10.9. The smallest absolute Gasteiger partial charge is 0.243 e. The first-order valence-electron chi connectivity index (χ1n) is 5.02. The van der Waals surface area contributed by atoms with Crippen LogP contribution in [0.2, 0.25) is 0 Å². The van der Waals surface area contributed by atoms with E-state index in [2.05, 4.69) is 23.9 Å². The van der Waals surface area contributed by atoms with Gasteiger partial charge in [0.2, 0.25) is 5.91 Å². The van der Waals surface area contributed by atoms with Gasteiger partial charge >= 0.3 is 0 Å². The lowest BCUT2D eigenvalue weighted by atomic mass is 10.2. The second kappa shape index (κ2) is 5.34. The number of aryl methyl sites for hydroxylation is 1. The molecule has 0 aliphatic rings. The van der Waals surface area contributed by atoms with Crippen molar-refractivity contribution in [2.75, 3.05) is 6.54 Å². The minimum atomic E-state index is -0.126. The van der Waals surface area contributed by atoms with Crippen molar-refractivity contribution in [3.05, 3.63) is 30.6 Å². The summed E-state index contributed by atoms with van der Waals surface area (Å²) in [6, 6.07) is 1.97. The van der Waals surface area contributed by atoms with E-state index >= 15 is 0 Å². The van der Waals surface area contributed by atoms with Crippen molar-refractivity contribution in [2.24, 2.45) is 5.92 Å². The maximum Gasteiger partial charge on any atom is 0.243 e. The average Bonchev–Trinajstić information content (AvgIpc) is 2.61. The summed E-state index contributed by atoms with van der Waals surface area (Å²) >= 11 is 0. The molecule has 0 spiro atoms. The van der Waals surface area contributed by atoms with Gasteiger partial charge in [-0.15, -0.1) is 0 Å². The molecule has 4 nitrogen and oxygen atoms in total. The Morgan fingerprint density at radius 3 is 3.07 bits per heavy atom. The Labute approximate surface area is 90.0 Å². The molecule has 0 saturated carbocycles. The molecule has 1 amide bonds. The van der Waals surface area contributed by atoms with Gasteiger partial charge in [0.05, 0.1) is 0 Å². The second-order valence-electron chi connectivity index (χ2n) is 3.71. The van der Waals surface area contributed by atoms with Gasteiger partial charge in [-0.1, -0.05) is 13.5 Å². The Morgan fingerprint density at radius 2 is 2.53 bits per heavy atom. The largest absolute Gasteiger partial charge is 0.352 e. The molecule has 1 heterocycles. The van der Waals surface area contributed by atoms with E-state index in [4.69, 9.17) is 0 Å². The summed E-state index contributed by atoms with van der Waals surface area (Å²) < 4.78 is 1.94. The number of hydrogen-bond acceptors (Lipinski definition) is 2. The fourth-order valence-electron chi connectivity index (χ4n) is 1.30. The van der Waals surface area contributed by atoms with E-state index in [-0.39, 0.29) is 5.91 Å². The van der Waals surface area contributed by atoms with Crippen LogP contribution in [0.5, 0.6) is 0 Å². The average molecular weight is 207 g/mol. The highest BCUT2D eigenvalue weighted by Gasteiger charge is 2.06. The number of carbonyl (C=O) groups excluding carboxylic acids is 1. The molecule has 82 valence electrons. The highest BCUT2D eigenvalue weighted by molar-refractivity contribution is 5.86. The Balaban J connectivity index is 2.36. The van der Waals surface area contributed by atoms with Crippen molar-refractivity contribution in [1.29, 1.82) is 0 Å². The molecule has 1 unspecified atom stereocenters. The fourth-order valence-corrected chi connectivity index (χ4v) is 1.30. The summed E-state index contributed by atoms with van der Waals surface area (Å²) in [5.74, 6) is 0.228. The lowest BCUT2D eigenvalue weighted by molar-refractivity contribution is -0.116. The summed E-state index contributed by atoms with van der Waals surface area (Å²) in [6.07, 6.45) is 3.07. The van der Waals surface area contributed by atoms with Crippen LogP contribution in [0.3, 0.4) is 0 Å². The van der Waals surface area contributed by atoms with Crippen molar-refractivity contribution in [1.82, 2.24) is 15.1 Å². The van der Waals surface area contributed by atoms with Gasteiger partial charge in [0, 0.05) is 25.0 Å². The summed E-state index contributed by atoms with van der Waals surface area (Å²) in [5.41, 5.74) is 1.14. The molecule has 4 heteroatoms. The Bertz CT molecular complexity index is 343. The van der Waals surface area contributed by atoms with E-state index in [0.717, 1.165) is 12.2 Å². The van der Waals surface area contributed by atoms with Gasteiger partial charge in [0.1, 0.15) is 0 Å². The molecule has 1 atom stereocenters. The normalized spacial score (nSPS) is 12.1. The fraction of sp³-hybridized carbons (Fsp3) is 0.455. The minimum absolute atomic E-state index is 0.126. The summed E-state index contributed by atoms with van der Waals surface area (Å²) in [4.78, 5) is 10.9. The zero-order valence-corrected chi connectivity index (χ0v) is 9.23. The van der Waals surface area contributed by atoms with E-state index in [9.17, 15) is 4.79 Å². The SMILES string of the molecule is C=CC(=O)NCC(C)Cn1nccc1C. The molecule has 0 aliphatic heterocycles. The molecule has 0 aromatic carbocycles. The molecule has 1 N–H and O–H groups in total. The zero-order valence-electron chi connectivity index (χ0n) is 9.23. The van der Waals surface area contributed by atoms with Gasteiger partial charge in [0.15, 0.2) is 0 Å². The highest BCUT2D eigenvalue weighted by Crippen LogP contribution is 2.02. The number of carbonyl (C=O) groups is 1. The van der Waals surface area contributed by atoms with Crippen LogP contribution >= 0.6 is 0 Å². The quantitative estimate of drug-likeness (QED) is 0.736. The van der Waals surface area contributed by atoms with Gasteiger partial charge in [-0.3, -0.25) is 9.48 Å². The minimum Gasteiger partial charge on any atom is -0.352 e. The number of nitrogens with one attached hydrogen (secondary N) is 1. The van der Waals surface area contributed by atoms with Gasteiger partial charge < -0.3 is 5.32 Å². The molecule has 1 aromatic rings. The topological polar surface area (TPSA) is 46.9 Å². The molecule has 0 fully saturated rings. The molecule has 0 radical (unpaired) electrons. The molecule has 1 rings (SSSR count). The number of hydrogen-bond donors (Lipinski definition) is 1. The predicted molar refractivity (Wildman–Crippen MR) is 59.3 cm³/mol. The van der Waals surface area contributed by atoms with E-state index in [0.29, 0.717) is 12.5 Å². The van der Waals surface area contributed by atoms with Crippen LogP contribution < -0.4 is 5.32 Å². The van der Waals surface area contributed by atoms with Crippen molar-refractivity contribution < 1.29 is 4.79 Å². The van der Waals surface area contributed by atoms with Crippen molar-refractivity contribution in [3.8, 4) is 0 Å². The predicted octanol–water partition coefficient (Wildman–Crippen LogP) is 1.13. The third-order valence-electron chi connectivity index (χ3n) is 2.22. The van der Waals surface area contributed by atoms with Gasteiger partial charge in [-0.05, 0) is 25.0 Å². The molecular formula is C11H17N3O. The van der Waals surface area contributed by atoms with Crippen molar-refractivity contribution >= 4 is 5.91 Å². The Morgan fingerprint density at radius 1 is 1.80 bits per heavy atom. The maximum atomic E-state index is 10.9. The molecule has 0 aliphatic carbocycles. The number of amides is 1. The van der Waals surface area contributed by atoms with Crippen LogP contribution in [0.15, 0.2) is 24.9 Å². The number of aromatic nitrogens is 2. The first-order valence-corrected chi connectivity index (χ1v) is 5.02. The summed E-state index contributed by atoms with van der Waals surface area (Å²) in [5, 5.41) is 6.95. The number of rotatable bonds is 5. The molecule has 1 aromatic heterocycles. The van der Waals surface area contributed by atoms with E-state index < -0.39 is 0 Å². The highest BCUT2D eigenvalue weighted by atomic mass is 16.1. The monoisotopic (exact) mass is 207 g/mol. The van der Waals surface area contributed by atoms with E-state index in [1.165, 1.54) is 6.08 Å². The van der Waals surface area contributed by atoms with Crippen LogP contribution in [-0.2, 0) is 11.3 Å². The third-order valence-corrected chi connectivity index (χ3v) is 2.22. The van der Waals surface area contributed by atoms with Crippen molar-refractivity contribution in [3.63, 3.8) is 0 Å². The summed E-state index contributed by atoms with van der Waals surface area (Å²) in [6.45, 7) is 8.95. The van der Waals surface area contributed by atoms with Gasteiger partial charge in [0.25, 0.3) is 0 Å². The van der Waals surface area contributed by atoms with Gasteiger partial charge in [-0.2, -0.15) is 5.10 Å². The van der Waals surface area contributed by atoms with Crippen LogP contribution in [0.1, 0.15) is 12.6 Å². The standard InChI is InChI=1S/C11H17N3O/c1-4-11(15)12-7-9(2)8-14-10(3)5-6-13-14/h4-6,9H,1,7-8H2,2-3H3,(H,12,15). The van der Waals surface area contributed by atoms with Crippen LogP contribution in [-0.4, -0.2) is 22.2 Å². The molecule has 0 saturated heterocycles. The lowest BCUT2D eigenvalue weighted by Crippen LogP contribution is -2.28. The Hall–Kier alpha value is -1.58.